The van der Waals surface area contributed by atoms with Gasteiger partial charge in [-0.25, -0.2) is 14.3 Å². The van der Waals surface area contributed by atoms with Gasteiger partial charge in [-0.05, 0) is 31.0 Å². The van der Waals surface area contributed by atoms with Gasteiger partial charge in [-0.1, -0.05) is 12.1 Å². The van der Waals surface area contributed by atoms with Gasteiger partial charge < -0.3 is 14.6 Å². The van der Waals surface area contributed by atoms with E-state index < -0.39 is 17.2 Å². The van der Waals surface area contributed by atoms with Crippen molar-refractivity contribution in [1.82, 2.24) is 24.0 Å². The van der Waals surface area contributed by atoms with Crippen molar-refractivity contribution in [3.05, 3.63) is 57.0 Å². The number of aryl methyl sites for hydroxylation is 3. The molecule has 0 aliphatic rings. The van der Waals surface area contributed by atoms with Crippen molar-refractivity contribution in [3.8, 4) is 5.75 Å². The number of aromatic nitrogens is 4. The minimum absolute atomic E-state index is 0.279. The summed E-state index contributed by atoms with van der Waals surface area (Å²) in [4.78, 5) is 41.2. The zero-order chi connectivity index (χ0) is 20.3. The summed E-state index contributed by atoms with van der Waals surface area (Å²) in [5.41, 5.74) is 0.581. The Hall–Kier alpha value is -3.36. The molecule has 9 nitrogen and oxygen atoms in total. The van der Waals surface area contributed by atoms with Crippen LogP contribution in [0.2, 0.25) is 0 Å². The van der Waals surface area contributed by atoms with Crippen LogP contribution in [0, 0.1) is 6.92 Å². The number of rotatable bonds is 7. The van der Waals surface area contributed by atoms with Gasteiger partial charge >= 0.3 is 5.69 Å². The van der Waals surface area contributed by atoms with Gasteiger partial charge in [-0.2, -0.15) is 0 Å². The summed E-state index contributed by atoms with van der Waals surface area (Å²) in [6.45, 7) is 2.48. The van der Waals surface area contributed by atoms with E-state index >= 15 is 0 Å². The first-order valence-corrected chi connectivity index (χ1v) is 8.95. The highest BCUT2D eigenvalue weighted by molar-refractivity contribution is 5.76. The van der Waals surface area contributed by atoms with Crippen LogP contribution >= 0.6 is 0 Å². The molecule has 9 heteroatoms. The third-order valence-electron chi connectivity index (χ3n) is 4.40. The Morgan fingerprint density at radius 1 is 1.25 bits per heavy atom. The Morgan fingerprint density at radius 2 is 2.04 bits per heavy atom. The molecular weight excluding hydrogens is 362 g/mol. The van der Waals surface area contributed by atoms with Crippen LogP contribution in [0.5, 0.6) is 5.75 Å². The molecule has 0 atom stereocenters. The number of nitrogens with one attached hydrogen (secondary N) is 1. The molecule has 1 aromatic carbocycles. The number of hydrogen-bond donors (Lipinski definition) is 1. The van der Waals surface area contributed by atoms with Crippen molar-refractivity contribution >= 4 is 17.1 Å². The summed E-state index contributed by atoms with van der Waals surface area (Å²) in [6, 6.07) is 7.73. The van der Waals surface area contributed by atoms with E-state index in [2.05, 4.69) is 10.3 Å². The second-order valence-corrected chi connectivity index (χ2v) is 6.63. The molecule has 2 heterocycles. The van der Waals surface area contributed by atoms with Crippen LogP contribution in [0.4, 0.5) is 0 Å². The standard InChI is InChI=1S/C19H23N5O4/c1-13-6-4-7-14(10-13)28-9-5-8-20-15(25)11-24-18(26)16-17(21-12-22(16)2)23(3)19(24)27/h4,6-7,10,12H,5,8-9,11H2,1-3H3,(H,20,25). The Kier molecular flexibility index (Phi) is 5.62. The average Bonchev–Trinajstić information content (AvgIpc) is 3.05. The lowest BCUT2D eigenvalue weighted by atomic mass is 10.2. The molecule has 0 saturated heterocycles. The Morgan fingerprint density at radius 3 is 2.79 bits per heavy atom. The molecular formula is C19H23N5O4. The van der Waals surface area contributed by atoms with Crippen molar-refractivity contribution in [1.29, 1.82) is 0 Å². The summed E-state index contributed by atoms with van der Waals surface area (Å²) in [5, 5.41) is 2.71. The van der Waals surface area contributed by atoms with Crippen molar-refractivity contribution < 1.29 is 9.53 Å². The summed E-state index contributed by atoms with van der Waals surface area (Å²) < 4.78 is 9.34. The molecule has 0 aliphatic carbocycles. The molecule has 1 amide bonds. The van der Waals surface area contributed by atoms with Crippen molar-refractivity contribution in [3.63, 3.8) is 0 Å². The smallest absolute Gasteiger partial charge is 0.332 e. The first-order chi connectivity index (χ1) is 13.4. The first-order valence-electron chi connectivity index (χ1n) is 8.95. The molecule has 3 rings (SSSR count). The molecule has 3 aromatic rings. The zero-order valence-corrected chi connectivity index (χ0v) is 16.1. The van der Waals surface area contributed by atoms with E-state index in [1.165, 1.54) is 22.5 Å². The highest BCUT2D eigenvalue weighted by atomic mass is 16.5. The third kappa shape index (κ3) is 3.98. The predicted octanol–water partition coefficient (Wildman–Crippen LogP) is 0.327. The molecule has 0 spiro atoms. The summed E-state index contributed by atoms with van der Waals surface area (Å²) in [6.07, 6.45) is 2.07. The lowest BCUT2D eigenvalue weighted by Gasteiger charge is -2.10. The monoisotopic (exact) mass is 385 g/mol. The Labute approximate surface area is 161 Å². The number of carbonyl (C=O) groups excluding carboxylic acids is 1. The highest BCUT2D eigenvalue weighted by Gasteiger charge is 2.16. The third-order valence-corrected chi connectivity index (χ3v) is 4.40. The number of nitrogens with zero attached hydrogens (tertiary/aromatic N) is 4. The Balaban J connectivity index is 1.57. The van der Waals surface area contributed by atoms with E-state index in [4.69, 9.17) is 4.74 Å². The van der Waals surface area contributed by atoms with Crippen LogP contribution in [-0.2, 0) is 25.4 Å². The number of benzene rings is 1. The van der Waals surface area contributed by atoms with Gasteiger partial charge in [0.05, 0.1) is 12.9 Å². The van der Waals surface area contributed by atoms with Gasteiger partial charge in [0.25, 0.3) is 5.56 Å². The number of hydrogen-bond acceptors (Lipinski definition) is 5. The molecule has 0 aliphatic heterocycles. The van der Waals surface area contributed by atoms with Crippen LogP contribution in [-0.4, -0.2) is 37.7 Å². The Bertz CT molecular complexity index is 1130. The molecule has 1 N–H and O–H groups in total. The van der Waals surface area contributed by atoms with Gasteiger partial charge in [-0.15, -0.1) is 0 Å². The van der Waals surface area contributed by atoms with Gasteiger partial charge in [0.1, 0.15) is 12.3 Å². The highest BCUT2D eigenvalue weighted by Crippen LogP contribution is 2.12. The van der Waals surface area contributed by atoms with E-state index in [1.807, 2.05) is 31.2 Å². The second kappa shape index (κ2) is 8.12. The molecule has 0 bridgehead atoms. The maximum atomic E-state index is 12.6. The molecule has 2 aromatic heterocycles. The van der Waals surface area contributed by atoms with Gasteiger partial charge in [0.2, 0.25) is 5.91 Å². The van der Waals surface area contributed by atoms with Crippen LogP contribution in [0.15, 0.2) is 40.2 Å². The van der Waals surface area contributed by atoms with Crippen LogP contribution in [0.25, 0.3) is 11.2 Å². The zero-order valence-electron chi connectivity index (χ0n) is 16.1. The minimum Gasteiger partial charge on any atom is -0.494 e. The topological polar surface area (TPSA) is 100 Å². The van der Waals surface area contributed by atoms with E-state index in [-0.39, 0.29) is 12.1 Å². The lowest BCUT2D eigenvalue weighted by Crippen LogP contribution is -2.43. The predicted molar refractivity (Wildman–Crippen MR) is 105 cm³/mol. The van der Waals surface area contributed by atoms with Crippen LogP contribution < -0.4 is 21.3 Å². The molecule has 148 valence electrons. The van der Waals surface area contributed by atoms with Crippen LogP contribution in [0.1, 0.15) is 12.0 Å². The molecule has 0 saturated carbocycles. The SMILES string of the molecule is Cc1cccc(OCCCNC(=O)Cn2c(=O)c3c(ncn3C)n(C)c2=O)c1. The number of amides is 1. The normalized spacial score (nSPS) is 11.0. The van der Waals surface area contributed by atoms with E-state index in [9.17, 15) is 14.4 Å². The number of ether oxygens (including phenoxy) is 1. The fourth-order valence-electron chi connectivity index (χ4n) is 2.93. The van der Waals surface area contributed by atoms with E-state index in [0.29, 0.717) is 25.2 Å². The van der Waals surface area contributed by atoms with Gasteiger partial charge in [0, 0.05) is 20.6 Å². The quantitative estimate of drug-likeness (QED) is 0.591. The fourth-order valence-corrected chi connectivity index (χ4v) is 2.93. The minimum atomic E-state index is -0.575. The maximum Gasteiger partial charge on any atom is 0.332 e. The average molecular weight is 385 g/mol. The number of fused-ring (bicyclic) bond motifs is 1. The molecule has 0 fully saturated rings. The fraction of sp³-hybridized carbons (Fsp3) is 0.368. The molecule has 0 unspecified atom stereocenters. The summed E-state index contributed by atoms with van der Waals surface area (Å²) >= 11 is 0. The first kappa shape index (κ1) is 19.4. The molecule has 0 radical (unpaired) electrons. The maximum absolute atomic E-state index is 12.6. The largest absolute Gasteiger partial charge is 0.494 e. The van der Waals surface area contributed by atoms with Gasteiger partial charge in [0.15, 0.2) is 11.2 Å². The second-order valence-electron chi connectivity index (χ2n) is 6.63. The van der Waals surface area contributed by atoms with Crippen molar-refractivity contribution in [2.75, 3.05) is 13.2 Å². The van der Waals surface area contributed by atoms with Crippen molar-refractivity contribution in [2.45, 2.75) is 19.9 Å². The van der Waals surface area contributed by atoms with E-state index in [1.54, 1.807) is 7.05 Å². The number of imidazole rings is 1. The summed E-state index contributed by atoms with van der Waals surface area (Å²) in [7, 11) is 3.19. The lowest BCUT2D eigenvalue weighted by molar-refractivity contribution is -0.121. The van der Waals surface area contributed by atoms with E-state index in [0.717, 1.165) is 15.9 Å². The molecule has 28 heavy (non-hydrogen) atoms. The van der Waals surface area contributed by atoms with Crippen LogP contribution in [0.3, 0.4) is 0 Å². The number of carbonyl (C=O) groups is 1. The van der Waals surface area contributed by atoms with Gasteiger partial charge in [-0.3, -0.25) is 14.2 Å². The van der Waals surface area contributed by atoms with Crippen molar-refractivity contribution in [2.24, 2.45) is 14.1 Å². The summed E-state index contributed by atoms with van der Waals surface area (Å²) in [5.74, 6) is 0.377.